The highest BCUT2D eigenvalue weighted by molar-refractivity contribution is 6.32. The summed E-state index contributed by atoms with van der Waals surface area (Å²) >= 11 is 0. The molecule has 6 N–H and O–H groups in total. The van der Waals surface area contributed by atoms with E-state index in [-0.39, 0.29) is 29.8 Å². The van der Waals surface area contributed by atoms with Crippen LogP contribution in [0.3, 0.4) is 0 Å². The molecule has 0 bridgehead atoms. The van der Waals surface area contributed by atoms with Crippen molar-refractivity contribution in [2.45, 2.75) is 24.5 Å². The highest BCUT2D eigenvalue weighted by atomic mass is 19.1. The quantitative estimate of drug-likeness (QED) is 0.238. The normalized spacial score (nSPS) is 27.8. The number of primary amides is 1. The Kier molecular flexibility index (Phi) is 7.54. The molecule has 0 saturated heterocycles. The number of aromatic hydroxyl groups is 1. The van der Waals surface area contributed by atoms with Gasteiger partial charge in [0.25, 0.3) is 0 Å². The lowest BCUT2D eigenvalue weighted by molar-refractivity contribution is -0.181. The van der Waals surface area contributed by atoms with E-state index >= 15 is 0 Å². The summed E-state index contributed by atoms with van der Waals surface area (Å²) in [6.07, 6.45) is -0.0315. The standard InChI is InChI=1S/C30H32FN5O8/c1-35(2)18-11-17(34-29(43)33-14-7-5-6-13(31)10-14)23(37)20-15(18)8-12-9-16-22(36(3)4)25(39)21(28(32)42)27(41)30(16,44)26(40)19(12)24(20)38/h5-7,10-12,16,19,21-22,37,44H,8-9H2,1-4H3,(H2,32,42)(H2,33,34,43). The lowest BCUT2D eigenvalue weighted by Crippen LogP contribution is -2.74. The Labute approximate surface area is 251 Å². The first-order valence-corrected chi connectivity index (χ1v) is 13.8. The summed E-state index contributed by atoms with van der Waals surface area (Å²) in [7, 11) is 6.37. The van der Waals surface area contributed by atoms with E-state index in [2.05, 4.69) is 10.6 Å². The summed E-state index contributed by atoms with van der Waals surface area (Å²) in [5, 5.41) is 27.9. The van der Waals surface area contributed by atoms with Crippen molar-refractivity contribution in [3.8, 4) is 5.75 Å². The van der Waals surface area contributed by atoms with Gasteiger partial charge in [-0.15, -0.1) is 0 Å². The van der Waals surface area contributed by atoms with Crippen LogP contribution in [-0.2, 0) is 25.6 Å². The molecule has 44 heavy (non-hydrogen) atoms. The number of rotatable bonds is 5. The number of anilines is 3. The van der Waals surface area contributed by atoms with Gasteiger partial charge in [0.2, 0.25) is 5.91 Å². The van der Waals surface area contributed by atoms with Gasteiger partial charge in [-0.05, 0) is 62.7 Å². The number of fused-ring (bicyclic) bond motifs is 3. The van der Waals surface area contributed by atoms with Crippen LogP contribution in [0.25, 0.3) is 0 Å². The number of benzene rings is 2. The molecule has 2 aromatic rings. The van der Waals surface area contributed by atoms with Gasteiger partial charge in [0.05, 0.1) is 23.2 Å². The minimum atomic E-state index is -2.85. The number of ketones is 4. The zero-order valence-electron chi connectivity index (χ0n) is 24.4. The molecule has 14 heteroatoms. The molecule has 2 aromatic carbocycles. The predicted octanol–water partition coefficient (Wildman–Crippen LogP) is 0.716. The molecule has 6 unspecified atom stereocenters. The number of nitrogens with two attached hydrogens (primary N) is 1. The van der Waals surface area contributed by atoms with Crippen molar-refractivity contribution in [1.82, 2.24) is 4.90 Å². The summed E-state index contributed by atoms with van der Waals surface area (Å²) in [5.41, 5.74) is 2.98. The van der Waals surface area contributed by atoms with Crippen molar-refractivity contribution in [2.75, 3.05) is 43.7 Å². The van der Waals surface area contributed by atoms with Crippen LogP contribution in [0.2, 0.25) is 0 Å². The number of halogens is 1. The number of aliphatic hydroxyl groups is 1. The summed E-state index contributed by atoms with van der Waals surface area (Å²) in [5.74, 6) is -12.4. The molecule has 3 amide bonds. The highest BCUT2D eigenvalue weighted by Crippen LogP contribution is 2.52. The van der Waals surface area contributed by atoms with Crippen molar-refractivity contribution in [2.24, 2.45) is 29.4 Å². The van der Waals surface area contributed by atoms with E-state index in [1.165, 1.54) is 43.3 Å². The first-order valence-electron chi connectivity index (χ1n) is 13.8. The smallest absolute Gasteiger partial charge is 0.323 e. The van der Waals surface area contributed by atoms with Gasteiger partial charge in [-0.25, -0.2) is 9.18 Å². The van der Waals surface area contributed by atoms with Crippen molar-refractivity contribution in [3.63, 3.8) is 0 Å². The van der Waals surface area contributed by atoms with Gasteiger partial charge >= 0.3 is 6.03 Å². The molecular formula is C30H32FN5O8. The van der Waals surface area contributed by atoms with Crippen LogP contribution in [0.5, 0.6) is 5.75 Å². The fourth-order valence-electron chi connectivity index (χ4n) is 7.00. The van der Waals surface area contributed by atoms with Gasteiger partial charge in [-0.1, -0.05) is 6.07 Å². The van der Waals surface area contributed by atoms with Crippen LogP contribution in [0.4, 0.5) is 26.2 Å². The number of likely N-dealkylation sites (N-methyl/N-ethyl adjacent to an activating group) is 1. The van der Waals surface area contributed by atoms with E-state index in [0.717, 1.165) is 6.07 Å². The molecule has 0 spiro atoms. The number of Topliss-reactive ketones (excluding diaryl/α,β-unsaturated/α-hetero) is 4. The molecule has 5 rings (SSSR count). The van der Waals surface area contributed by atoms with Gasteiger partial charge in [0.15, 0.2) is 34.7 Å². The maximum absolute atomic E-state index is 14.1. The van der Waals surface area contributed by atoms with Crippen LogP contribution in [0.15, 0.2) is 30.3 Å². The number of carbonyl (C=O) groups excluding carboxylic acids is 6. The first-order chi connectivity index (χ1) is 20.6. The van der Waals surface area contributed by atoms with Crippen molar-refractivity contribution in [1.29, 1.82) is 0 Å². The maximum atomic E-state index is 14.1. The van der Waals surface area contributed by atoms with Crippen LogP contribution in [0, 0.1) is 29.5 Å². The van der Waals surface area contributed by atoms with E-state index in [1.54, 1.807) is 19.0 Å². The zero-order chi connectivity index (χ0) is 32.4. The Balaban J connectivity index is 1.57. The molecule has 2 saturated carbocycles. The molecule has 6 atom stereocenters. The van der Waals surface area contributed by atoms with E-state index in [0.29, 0.717) is 11.3 Å². The fraction of sp³-hybridized carbons (Fsp3) is 0.400. The molecule has 3 aliphatic rings. The Hall–Kier alpha value is -4.69. The minimum Gasteiger partial charge on any atom is -0.505 e. The SMILES string of the molecule is CN(C)c1cc(NC(=O)Nc2cccc(F)c2)c(O)c2c1CC1CC3C(N(C)C)C(=O)C(C(N)=O)C(=O)C3(O)C(=O)C1C2=O. The van der Waals surface area contributed by atoms with Gasteiger partial charge in [-0.3, -0.25) is 28.9 Å². The molecule has 2 fully saturated rings. The number of nitrogens with zero attached hydrogens (tertiary/aromatic N) is 2. The summed E-state index contributed by atoms with van der Waals surface area (Å²) in [4.78, 5) is 82.8. The Bertz CT molecular complexity index is 1640. The van der Waals surface area contributed by atoms with Crippen molar-refractivity contribution >= 4 is 52.1 Å². The Morgan fingerprint density at radius 2 is 1.73 bits per heavy atom. The average molecular weight is 610 g/mol. The van der Waals surface area contributed by atoms with E-state index in [9.17, 15) is 43.4 Å². The van der Waals surface area contributed by atoms with Crippen molar-refractivity contribution < 1.29 is 43.4 Å². The lowest BCUT2D eigenvalue weighted by atomic mass is 9.52. The molecule has 3 aliphatic carbocycles. The average Bonchev–Trinajstić information content (AvgIpc) is 2.91. The minimum absolute atomic E-state index is 0.0582. The van der Waals surface area contributed by atoms with Gasteiger partial charge in [-0.2, -0.15) is 0 Å². The van der Waals surface area contributed by atoms with Gasteiger partial charge in [0.1, 0.15) is 11.6 Å². The molecule has 0 radical (unpaired) electrons. The van der Waals surface area contributed by atoms with Crippen LogP contribution in [-0.4, -0.2) is 90.0 Å². The molecule has 232 valence electrons. The number of phenolic OH excluding ortho intramolecular Hbond substituents is 1. The Morgan fingerprint density at radius 1 is 1.05 bits per heavy atom. The predicted molar refractivity (Wildman–Crippen MR) is 155 cm³/mol. The number of nitrogens with one attached hydrogen (secondary N) is 2. The lowest BCUT2D eigenvalue weighted by Gasteiger charge is -2.52. The van der Waals surface area contributed by atoms with Gasteiger partial charge in [0, 0.05) is 31.4 Å². The largest absolute Gasteiger partial charge is 0.505 e. The second-order valence-corrected chi connectivity index (χ2v) is 11.9. The maximum Gasteiger partial charge on any atom is 0.323 e. The number of phenols is 1. The molecule has 13 nitrogen and oxygen atoms in total. The number of hydrogen-bond acceptors (Lipinski definition) is 10. The second-order valence-electron chi connectivity index (χ2n) is 11.9. The number of hydrogen-bond donors (Lipinski definition) is 5. The van der Waals surface area contributed by atoms with E-state index < -0.39 is 82.0 Å². The third-order valence-electron chi connectivity index (χ3n) is 8.85. The second kappa shape index (κ2) is 10.8. The topological polar surface area (TPSA) is 199 Å². The van der Waals surface area contributed by atoms with E-state index in [4.69, 9.17) is 5.73 Å². The third-order valence-corrected chi connectivity index (χ3v) is 8.85. The van der Waals surface area contributed by atoms with Crippen LogP contribution >= 0.6 is 0 Å². The molecule has 0 aromatic heterocycles. The van der Waals surface area contributed by atoms with Gasteiger partial charge < -0.3 is 31.5 Å². The summed E-state index contributed by atoms with van der Waals surface area (Å²) in [6.45, 7) is 0. The summed E-state index contributed by atoms with van der Waals surface area (Å²) in [6, 6.07) is 4.49. The van der Waals surface area contributed by atoms with Crippen molar-refractivity contribution in [3.05, 3.63) is 47.3 Å². The fourth-order valence-corrected chi connectivity index (χ4v) is 7.00. The van der Waals surface area contributed by atoms with Crippen LogP contribution < -0.4 is 21.3 Å². The molecular weight excluding hydrogens is 577 g/mol. The monoisotopic (exact) mass is 609 g/mol. The highest BCUT2D eigenvalue weighted by Gasteiger charge is 2.69. The Morgan fingerprint density at radius 3 is 2.32 bits per heavy atom. The number of carbonyl (C=O) groups is 6. The number of amides is 3. The number of urea groups is 1. The van der Waals surface area contributed by atoms with Crippen LogP contribution in [0.1, 0.15) is 22.3 Å². The zero-order valence-corrected chi connectivity index (χ0v) is 24.4. The first kappa shape index (κ1) is 30.8. The third kappa shape index (κ3) is 4.61. The molecule has 0 heterocycles. The van der Waals surface area contributed by atoms with E-state index in [1.807, 2.05) is 0 Å². The summed E-state index contributed by atoms with van der Waals surface area (Å²) < 4.78 is 13.6. The molecule has 0 aliphatic heterocycles.